The summed E-state index contributed by atoms with van der Waals surface area (Å²) in [5.41, 5.74) is -0.554. The summed E-state index contributed by atoms with van der Waals surface area (Å²) in [7, 11) is 0. The maximum atomic E-state index is 12.3. The van der Waals surface area contributed by atoms with Crippen LogP contribution in [0.25, 0.3) is 0 Å². The molecule has 5 nitrogen and oxygen atoms in total. The smallest absolute Gasteiger partial charge is 0.349 e. The van der Waals surface area contributed by atoms with Crippen LogP contribution < -0.4 is 10.1 Å². The van der Waals surface area contributed by atoms with Crippen LogP contribution in [0.5, 0.6) is 5.75 Å². The lowest BCUT2D eigenvalue weighted by Gasteiger charge is -2.35. The molecular weight excluding hydrogens is 360 g/mol. The molecule has 0 amide bonds. The second-order valence-corrected chi connectivity index (χ2v) is 7.08. The molecule has 1 unspecified atom stereocenters. The van der Waals surface area contributed by atoms with Crippen LogP contribution in [-0.2, 0) is 9.53 Å². The van der Waals surface area contributed by atoms with Gasteiger partial charge in [0.25, 0.3) is 0 Å². The van der Waals surface area contributed by atoms with E-state index in [1.54, 1.807) is 6.07 Å². The maximum Gasteiger partial charge on any atom is 0.349 e. The summed E-state index contributed by atoms with van der Waals surface area (Å²) in [5, 5.41) is 3.52. The molecule has 7 heteroatoms. The normalized spacial score (nSPS) is 19.6. The number of halogens is 2. The molecule has 1 fully saturated rings. The zero-order chi connectivity index (χ0) is 15.6. The molecule has 0 aliphatic carbocycles. The number of aromatic nitrogens is 1. The molecule has 116 valence electrons. The monoisotopic (exact) mass is 376 g/mol. The summed E-state index contributed by atoms with van der Waals surface area (Å²) in [6, 6.07) is 1.64. The summed E-state index contributed by atoms with van der Waals surface area (Å²) in [6.45, 7) is 6.36. The highest BCUT2D eigenvalue weighted by Gasteiger charge is 2.37. The van der Waals surface area contributed by atoms with Gasteiger partial charge < -0.3 is 14.8 Å². The Hall–Kier alpha value is -0.850. The van der Waals surface area contributed by atoms with E-state index in [1.165, 1.54) is 6.20 Å². The topological polar surface area (TPSA) is 60.5 Å². The first-order valence-electron chi connectivity index (χ1n) is 6.70. The average molecular weight is 378 g/mol. The molecule has 0 bridgehead atoms. The van der Waals surface area contributed by atoms with Crippen LogP contribution in [-0.4, -0.2) is 35.2 Å². The highest BCUT2D eigenvalue weighted by molar-refractivity contribution is 9.10. The van der Waals surface area contributed by atoms with Gasteiger partial charge in [0, 0.05) is 0 Å². The maximum absolute atomic E-state index is 12.3. The number of carbonyl (C=O) groups excluding carboxylic acids is 1. The van der Waals surface area contributed by atoms with E-state index < -0.39 is 11.7 Å². The van der Waals surface area contributed by atoms with Gasteiger partial charge in [-0.25, -0.2) is 9.78 Å². The van der Waals surface area contributed by atoms with Crippen molar-refractivity contribution in [2.45, 2.75) is 44.9 Å². The minimum atomic E-state index is -0.701. The summed E-state index contributed by atoms with van der Waals surface area (Å²) < 4.78 is 11.8. The van der Waals surface area contributed by atoms with E-state index in [1.807, 2.05) is 20.8 Å². The molecule has 2 rings (SSSR count). The Morgan fingerprint density at radius 3 is 2.71 bits per heavy atom. The Balaban J connectivity index is 2.12. The van der Waals surface area contributed by atoms with E-state index in [2.05, 4.69) is 26.2 Å². The van der Waals surface area contributed by atoms with Crippen molar-refractivity contribution in [1.82, 2.24) is 10.3 Å². The first-order valence-corrected chi connectivity index (χ1v) is 7.87. The van der Waals surface area contributed by atoms with Gasteiger partial charge in [-0.2, -0.15) is 0 Å². The zero-order valence-electron chi connectivity index (χ0n) is 12.2. The van der Waals surface area contributed by atoms with Crippen LogP contribution in [0.15, 0.2) is 16.7 Å². The van der Waals surface area contributed by atoms with Gasteiger partial charge in [0.05, 0.1) is 16.7 Å². The lowest BCUT2D eigenvalue weighted by Crippen LogP contribution is -2.57. The zero-order valence-corrected chi connectivity index (χ0v) is 14.5. The van der Waals surface area contributed by atoms with Crippen molar-refractivity contribution in [3.05, 3.63) is 21.9 Å². The predicted octanol–water partition coefficient (Wildman–Crippen LogP) is 2.95. The van der Waals surface area contributed by atoms with Gasteiger partial charge in [-0.15, -0.1) is 0 Å². The van der Waals surface area contributed by atoms with Gasteiger partial charge in [0.15, 0.2) is 0 Å². The number of ether oxygens (including phenoxy) is 2. The van der Waals surface area contributed by atoms with Gasteiger partial charge in [0.2, 0.25) is 6.10 Å². The molecule has 1 saturated heterocycles. The van der Waals surface area contributed by atoms with Crippen molar-refractivity contribution in [2.24, 2.45) is 0 Å². The predicted molar refractivity (Wildman–Crippen MR) is 83.6 cm³/mol. The number of rotatable bonds is 4. The number of nitrogens with one attached hydrogen (secondary N) is 1. The lowest BCUT2D eigenvalue weighted by atomic mass is 10.0. The SMILES string of the molecule is CC(C)(C)OC(=O)C(Oc1cnc(Cl)c(Br)c1)[C@@H]1CCN1. The third-order valence-corrected chi connectivity index (χ3v) is 4.03. The Morgan fingerprint density at radius 1 is 1.57 bits per heavy atom. The van der Waals surface area contributed by atoms with E-state index >= 15 is 0 Å². The van der Waals surface area contributed by atoms with Crippen LogP contribution in [0.2, 0.25) is 5.15 Å². The first kappa shape index (κ1) is 16.5. The van der Waals surface area contributed by atoms with Gasteiger partial charge >= 0.3 is 5.97 Å². The molecule has 0 radical (unpaired) electrons. The fraction of sp³-hybridized carbons (Fsp3) is 0.571. The van der Waals surface area contributed by atoms with E-state index in [9.17, 15) is 4.79 Å². The highest BCUT2D eigenvalue weighted by atomic mass is 79.9. The van der Waals surface area contributed by atoms with Gasteiger partial charge in [-0.3, -0.25) is 0 Å². The molecule has 21 heavy (non-hydrogen) atoms. The molecule has 1 aromatic rings. The summed E-state index contributed by atoms with van der Waals surface area (Å²) >= 11 is 9.13. The molecular formula is C14H18BrClN2O3. The van der Waals surface area contributed by atoms with Crippen molar-refractivity contribution in [3.63, 3.8) is 0 Å². The van der Waals surface area contributed by atoms with Gasteiger partial charge in [-0.05, 0) is 55.7 Å². The van der Waals surface area contributed by atoms with E-state index in [-0.39, 0.29) is 12.0 Å². The van der Waals surface area contributed by atoms with E-state index in [4.69, 9.17) is 21.1 Å². The molecule has 1 aliphatic heterocycles. The summed E-state index contributed by atoms with van der Waals surface area (Å²) in [4.78, 5) is 16.3. The molecule has 1 N–H and O–H groups in total. The molecule has 1 aromatic heterocycles. The third kappa shape index (κ3) is 4.56. The number of esters is 1. The molecule has 0 spiro atoms. The van der Waals surface area contributed by atoms with Crippen molar-refractivity contribution < 1.29 is 14.3 Å². The van der Waals surface area contributed by atoms with Gasteiger partial charge in [0.1, 0.15) is 16.5 Å². The Labute approximate surface area is 137 Å². The number of hydrogen-bond donors (Lipinski definition) is 1. The van der Waals surface area contributed by atoms with Crippen molar-refractivity contribution >= 4 is 33.5 Å². The van der Waals surface area contributed by atoms with Gasteiger partial charge in [-0.1, -0.05) is 11.6 Å². The van der Waals surface area contributed by atoms with Crippen LogP contribution in [0, 0.1) is 0 Å². The molecule has 0 saturated carbocycles. The van der Waals surface area contributed by atoms with Crippen LogP contribution in [0.1, 0.15) is 27.2 Å². The Morgan fingerprint density at radius 2 is 2.24 bits per heavy atom. The minimum absolute atomic E-state index is 0.0469. The third-order valence-electron chi connectivity index (χ3n) is 2.90. The number of nitrogens with zero attached hydrogens (tertiary/aromatic N) is 1. The molecule has 1 aliphatic rings. The quantitative estimate of drug-likeness (QED) is 0.646. The average Bonchev–Trinajstić information content (AvgIpc) is 2.28. The van der Waals surface area contributed by atoms with Crippen LogP contribution in [0.3, 0.4) is 0 Å². The Kier molecular flexibility index (Phi) is 5.11. The second kappa shape index (κ2) is 6.50. The Bertz CT molecular complexity index is 529. The van der Waals surface area contributed by atoms with E-state index in [0.717, 1.165) is 13.0 Å². The molecule has 2 atom stereocenters. The number of pyridine rings is 1. The lowest BCUT2D eigenvalue weighted by molar-refractivity contribution is -0.165. The number of carbonyl (C=O) groups is 1. The van der Waals surface area contributed by atoms with E-state index in [0.29, 0.717) is 15.4 Å². The van der Waals surface area contributed by atoms with Crippen molar-refractivity contribution in [3.8, 4) is 5.75 Å². The standard InChI is InChI=1S/C14H18BrClN2O3/c1-14(2,3)21-13(19)11(10-4-5-17-10)20-8-6-9(15)12(16)18-7-8/h6-7,10-11,17H,4-5H2,1-3H3/t10-,11?/m0/s1. The number of hydrogen-bond acceptors (Lipinski definition) is 5. The van der Waals surface area contributed by atoms with Crippen molar-refractivity contribution in [1.29, 1.82) is 0 Å². The molecule has 2 heterocycles. The highest BCUT2D eigenvalue weighted by Crippen LogP contribution is 2.26. The minimum Gasteiger partial charge on any atom is -0.475 e. The second-order valence-electron chi connectivity index (χ2n) is 5.86. The first-order chi connectivity index (χ1) is 9.76. The fourth-order valence-electron chi connectivity index (χ4n) is 1.84. The van der Waals surface area contributed by atoms with Crippen LogP contribution in [0.4, 0.5) is 0 Å². The summed E-state index contributed by atoms with van der Waals surface area (Å²) in [5.74, 6) is 0.0848. The van der Waals surface area contributed by atoms with Crippen molar-refractivity contribution in [2.75, 3.05) is 6.54 Å². The summed E-state index contributed by atoms with van der Waals surface area (Å²) in [6.07, 6.45) is 1.66. The fourth-order valence-corrected chi connectivity index (χ4v) is 2.27. The largest absolute Gasteiger partial charge is 0.475 e. The molecule has 0 aromatic carbocycles. The van der Waals surface area contributed by atoms with Crippen LogP contribution >= 0.6 is 27.5 Å².